The molecule has 0 heterocycles. The van der Waals surface area contributed by atoms with Crippen LogP contribution >= 0.6 is 0 Å². The molecule has 0 spiro atoms. The molecule has 0 saturated carbocycles. The van der Waals surface area contributed by atoms with Crippen molar-refractivity contribution < 1.29 is 9.53 Å². The van der Waals surface area contributed by atoms with Gasteiger partial charge in [0.15, 0.2) is 0 Å². The number of amides is 1. The average molecular weight is 246 g/mol. The molecule has 0 fully saturated rings. The SMILES string of the molecule is CCC(CC)Oc1ccccc1NC(=O)CC#N. The number of anilines is 1. The van der Waals surface area contributed by atoms with Gasteiger partial charge in [0.1, 0.15) is 12.2 Å². The molecule has 4 heteroatoms. The van der Waals surface area contributed by atoms with E-state index in [1.54, 1.807) is 6.07 Å². The maximum atomic E-state index is 11.4. The molecular formula is C14H18N2O2. The lowest BCUT2D eigenvalue weighted by atomic mass is 10.2. The van der Waals surface area contributed by atoms with Crippen LogP contribution in [0.5, 0.6) is 5.75 Å². The zero-order valence-corrected chi connectivity index (χ0v) is 10.8. The van der Waals surface area contributed by atoms with Crippen LogP contribution in [0.4, 0.5) is 5.69 Å². The molecule has 0 aliphatic carbocycles. The molecule has 0 aromatic heterocycles. The second-order valence-corrected chi connectivity index (χ2v) is 3.94. The molecular weight excluding hydrogens is 228 g/mol. The fourth-order valence-electron chi connectivity index (χ4n) is 1.57. The van der Waals surface area contributed by atoms with Gasteiger partial charge in [-0.25, -0.2) is 0 Å². The Morgan fingerprint density at radius 3 is 2.67 bits per heavy atom. The molecule has 0 aliphatic heterocycles. The average Bonchev–Trinajstić information content (AvgIpc) is 2.38. The predicted molar refractivity (Wildman–Crippen MR) is 70.3 cm³/mol. The molecule has 96 valence electrons. The van der Waals surface area contributed by atoms with Crippen LogP contribution in [0.25, 0.3) is 0 Å². The largest absolute Gasteiger partial charge is 0.488 e. The number of carbonyl (C=O) groups excluding carboxylic acids is 1. The van der Waals surface area contributed by atoms with Crippen LogP contribution in [-0.4, -0.2) is 12.0 Å². The Morgan fingerprint density at radius 1 is 1.39 bits per heavy atom. The molecule has 1 aromatic rings. The first-order valence-corrected chi connectivity index (χ1v) is 6.13. The Labute approximate surface area is 108 Å². The third-order valence-corrected chi connectivity index (χ3v) is 2.61. The van der Waals surface area contributed by atoms with Gasteiger partial charge in [0.25, 0.3) is 0 Å². The number of para-hydroxylation sites is 2. The molecule has 0 radical (unpaired) electrons. The number of carbonyl (C=O) groups is 1. The fourth-order valence-corrected chi connectivity index (χ4v) is 1.57. The van der Waals surface area contributed by atoms with E-state index in [1.165, 1.54) is 0 Å². The van der Waals surface area contributed by atoms with Gasteiger partial charge >= 0.3 is 0 Å². The minimum absolute atomic E-state index is 0.138. The smallest absolute Gasteiger partial charge is 0.238 e. The minimum atomic E-state index is -0.321. The van der Waals surface area contributed by atoms with Crippen LogP contribution in [-0.2, 0) is 4.79 Å². The predicted octanol–water partition coefficient (Wildman–Crippen LogP) is 3.11. The number of ether oxygens (including phenoxy) is 1. The lowest BCUT2D eigenvalue weighted by molar-refractivity contribution is -0.115. The first-order chi connectivity index (χ1) is 8.71. The van der Waals surface area contributed by atoms with Gasteiger partial charge in [0.05, 0.1) is 17.9 Å². The van der Waals surface area contributed by atoms with Gasteiger partial charge in [-0.05, 0) is 25.0 Å². The summed E-state index contributed by atoms with van der Waals surface area (Å²) in [6.07, 6.45) is 1.81. The van der Waals surface area contributed by atoms with Crippen molar-refractivity contribution in [3.8, 4) is 11.8 Å². The Morgan fingerprint density at radius 2 is 2.06 bits per heavy atom. The number of nitriles is 1. The molecule has 1 rings (SSSR count). The third-order valence-electron chi connectivity index (χ3n) is 2.61. The Bertz CT molecular complexity index is 434. The fraction of sp³-hybridized carbons (Fsp3) is 0.429. The first-order valence-electron chi connectivity index (χ1n) is 6.13. The van der Waals surface area contributed by atoms with Crippen LogP contribution in [0, 0.1) is 11.3 Å². The number of nitrogens with one attached hydrogen (secondary N) is 1. The quantitative estimate of drug-likeness (QED) is 0.838. The molecule has 0 unspecified atom stereocenters. The molecule has 18 heavy (non-hydrogen) atoms. The molecule has 4 nitrogen and oxygen atoms in total. The number of benzene rings is 1. The van der Waals surface area contributed by atoms with Crippen LogP contribution in [0.1, 0.15) is 33.1 Å². The van der Waals surface area contributed by atoms with Gasteiger partial charge < -0.3 is 10.1 Å². The Kier molecular flexibility index (Phi) is 5.72. The molecule has 1 aromatic carbocycles. The van der Waals surface area contributed by atoms with E-state index in [0.717, 1.165) is 12.8 Å². The molecule has 0 saturated heterocycles. The van der Waals surface area contributed by atoms with Gasteiger partial charge in [-0.1, -0.05) is 26.0 Å². The van der Waals surface area contributed by atoms with E-state index >= 15 is 0 Å². The highest BCUT2D eigenvalue weighted by atomic mass is 16.5. The summed E-state index contributed by atoms with van der Waals surface area (Å²) >= 11 is 0. The lowest BCUT2D eigenvalue weighted by Crippen LogP contribution is -2.16. The van der Waals surface area contributed by atoms with E-state index in [-0.39, 0.29) is 18.4 Å². The highest BCUT2D eigenvalue weighted by molar-refractivity contribution is 5.93. The minimum Gasteiger partial charge on any atom is -0.488 e. The van der Waals surface area contributed by atoms with E-state index in [4.69, 9.17) is 10.00 Å². The van der Waals surface area contributed by atoms with Crippen molar-refractivity contribution in [2.24, 2.45) is 0 Å². The summed E-state index contributed by atoms with van der Waals surface area (Å²) in [5, 5.41) is 11.1. The van der Waals surface area contributed by atoms with E-state index in [1.807, 2.05) is 24.3 Å². The van der Waals surface area contributed by atoms with E-state index < -0.39 is 0 Å². The normalized spacial score (nSPS) is 9.89. The summed E-state index contributed by atoms with van der Waals surface area (Å²) in [6, 6.07) is 9.09. The van der Waals surface area contributed by atoms with Crippen molar-refractivity contribution in [2.45, 2.75) is 39.2 Å². The van der Waals surface area contributed by atoms with Gasteiger partial charge in [-0.15, -0.1) is 0 Å². The van der Waals surface area contributed by atoms with Crippen molar-refractivity contribution in [1.82, 2.24) is 0 Å². The summed E-state index contributed by atoms with van der Waals surface area (Å²) in [5.74, 6) is 0.329. The van der Waals surface area contributed by atoms with E-state index in [9.17, 15) is 4.79 Å². The van der Waals surface area contributed by atoms with Crippen molar-refractivity contribution in [1.29, 1.82) is 5.26 Å². The number of nitrogens with zero attached hydrogens (tertiary/aromatic N) is 1. The van der Waals surface area contributed by atoms with Gasteiger partial charge in [-0.2, -0.15) is 5.26 Å². The Hall–Kier alpha value is -2.02. The maximum absolute atomic E-state index is 11.4. The molecule has 0 atom stereocenters. The summed E-state index contributed by atoms with van der Waals surface area (Å²) in [7, 11) is 0. The second kappa shape index (κ2) is 7.33. The van der Waals surface area contributed by atoms with E-state index in [2.05, 4.69) is 19.2 Å². The Balaban J connectivity index is 2.79. The zero-order valence-electron chi connectivity index (χ0n) is 10.8. The maximum Gasteiger partial charge on any atom is 0.238 e. The molecule has 0 aliphatic rings. The second-order valence-electron chi connectivity index (χ2n) is 3.94. The molecule has 1 amide bonds. The van der Waals surface area contributed by atoms with Crippen molar-refractivity contribution in [3.63, 3.8) is 0 Å². The third kappa shape index (κ3) is 4.10. The summed E-state index contributed by atoms with van der Waals surface area (Å²) in [4.78, 5) is 11.4. The van der Waals surface area contributed by atoms with Gasteiger partial charge in [0, 0.05) is 0 Å². The number of hydrogen-bond donors (Lipinski definition) is 1. The molecule has 1 N–H and O–H groups in total. The summed E-state index contributed by atoms with van der Waals surface area (Å²) < 4.78 is 5.83. The monoisotopic (exact) mass is 246 g/mol. The highest BCUT2D eigenvalue weighted by Gasteiger charge is 2.10. The number of rotatable bonds is 6. The zero-order chi connectivity index (χ0) is 13.4. The first kappa shape index (κ1) is 14.0. The summed E-state index contributed by atoms with van der Waals surface area (Å²) in [6.45, 7) is 4.12. The highest BCUT2D eigenvalue weighted by Crippen LogP contribution is 2.26. The van der Waals surface area contributed by atoms with Crippen molar-refractivity contribution in [2.75, 3.05) is 5.32 Å². The van der Waals surface area contributed by atoms with Gasteiger partial charge in [0.2, 0.25) is 5.91 Å². The van der Waals surface area contributed by atoms with Crippen LogP contribution < -0.4 is 10.1 Å². The standard InChI is InChI=1S/C14H18N2O2/c1-3-11(4-2)18-13-8-6-5-7-12(13)16-14(17)9-10-15/h5-8,11H,3-4,9H2,1-2H3,(H,16,17). The lowest BCUT2D eigenvalue weighted by Gasteiger charge is -2.18. The van der Waals surface area contributed by atoms with Crippen LogP contribution in [0.2, 0.25) is 0 Å². The summed E-state index contributed by atoms with van der Waals surface area (Å²) in [5.41, 5.74) is 0.615. The van der Waals surface area contributed by atoms with E-state index in [0.29, 0.717) is 11.4 Å². The van der Waals surface area contributed by atoms with Crippen molar-refractivity contribution >= 4 is 11.6 Å². The van der Waals surface area contributed by atoms with Crippen LogP contribution in [0.3, 0.4) is 0 Å². The van der Waals surface area contributed by atoms with Crippen molar-refractivity contribution in [3.05, 3.63) is 24.3 Å². The van der Waals surface area contributed by atoms with Gasteiger partial charge in [-0.3, -0.25) is 4.79 Å². The number of hydrogen-bond acceptors (Lipinski definition) is 3. The van der Waals surface area contributed by atoms with Crippen LogP contribution in [0.15, 0.2) is 24.3 Å². The topological polar surface area (TPSA) is 62.1 Å². The molecule has 0 bridgehead atoms.